The highest BCUT2D eigenvalue weighted by Gasteiger charge is 2.31. The predicted molar refractivity (Wildman–Crippen MR) is 110 cm³/mol. The Balaban J connectivity index is 1.61. The molecule has 1 aliphatic rings. The maximum Gasteiger partial charge on any atom is 0.362 e. The van der Waals surface area contributed by atoms with Gasteiger partial charge in [0.25, 0.3) is 5.91 Å². The first kappa shape index (κ1) is 19.8. The number of aromatic nitrogens is 4. The molecule has 158 valence electrons. The summed E-state index contributed by atoms with van der Waals surface area (Å²) >= 11 is 0. The van der Waals surface area contributed by atoms with E-state index >= 15 is 0 Å². The van der Waals surface area contributed by atoms with Crippen LogP contribution in [0.4, 0.5) is 11.6 Å². The number of para-hydroxylation sites is 2. The monoisotopic (exact) mass is 413 g/mol. The second-order valence-electron chi connectivity index (χ2n) is 7.15. The van der Waals surface area contributed by atoms with Gasteiger partial charge in [0.1, 0.15) is 0 Å². The fourth-order valence-corrected chi connectivity index (χ4v) is 3.78. The van der Waals surface area contributed by atoms with Crippen LogP contribution < -0.4 is 10.1 Å². The zero-order chi connectivity index (χ0) is 21.1. The molecule has 0 aliphatic carbocycles. The van der Waals surface area contributed by atoms with Gasteiger partial charge in [0.05, 0.1) is 23.1 Å². The van der Waals surface area contributed by atoms with Crippen LogP contribution in [-0.4, -0.2) is 62.2 Å². The van der Waals surface area contributed by atoms with E-state index < -0.39 is 16.5 Å². The molecule has 1 amide bonds. The molecule has 0 bridgehead atoms. The van der Waals surface area contributed by atoms with Crippen LogP contribution in [0.5, 0.6) is 5.88 Å². The van der Waals surface area contributed by atoms with Crippen molar-refractivity contribution in [3.63, 3.8) is 0 Å². The second kappa shape index (κ2) is 8.49. The Labute approximate surface area is 172 Å². The van der Waals surface area contributed by atoms with Gasteiger partial charge >= 0.3 is 11.6 Å². The largest absolute Gasteiger partial charge is 0.475 e. The minimum atomic E-state index is -0.702. The smallest absolute Gasteiger partial charge is 0.362 e. The molecular formula is C19H23N7O4. The summed E-state index contributed by atoms with van der Waals surface area (Å²) in [5.74, 6) is -0.614. The Morgan fingerprint density at radius 3 is 2.77 bits per heavy atom. The first-order valence-electron chi connectivity index (χ1n) is 9.84. The van der Waals surface area contributed by atoms with Crippen LogP contribution in [-0.2, 0) is 6.54 Å². The number of benzene rings is 1. The Morgan fingerprint density at radius 2 is 2.03 bits per heavy atom. The van der Waals surface area contributed by atoms with Gasteiger partial charge in [-0.05, 0) is 38.1 Å². The van der Waals surface area contributed by atoms with Crippen LogP contribution in [0.2, 0.25) is 0 Å². The number of amides is 1. The van der Waals surface area contributed by atoms with E-state index in [1.165, 1.54) is 26.4 Å². The van der Waals surface area contributed by atoms with Gasteiger partial charge in [0, 0.05) is 13.1 Å². The Kier molecular flexibility index (Phi) is 5.61. The lowest BCUT2D eigenvalue weighted by molar-refractivity contribution is -0.386. The SMILES string of the molecule is COc1n[nH]c(C(=O)Nc2nc3ccccc3n2CCN2CCCCC2)c1[N+](=O)[O-]. The van der Waals surface area contributed by atoms with Crippen LogP contribution in [0.1, 0.15) is 29.8 Å². The molecule has 0 unspecified atom stereocenters. The highest BCUT2D eigenvalue weighted by atomic mass is 16.6. The number of nitrogens with one attached hydrogen (secondary N) is 2. The maximum absolute atomic E-state index is 12.8. The van der Waals surface area contributed by atoms with Crippen molar-refractivity contribution in [2.75, 3.05) is 32.1 Å². The highest BCUT2D eigenvalue weighted by molar-refractivity contribution is 6.06. The lowest BCUT2D eigenvalue weighted by Gasteiger charge is -2.26. The summed E-state index contributed by atoms with van der Waals surface area (Å²) in [6, 6.07) is 7.60. The lowest BCUT2D eigenvalue weighted by Crippen LogP contribution is -2.32. The van der Waals surface area contributed by atoms with Gasteiger partial charge in [-0.25, -0.2) is 4.98 Å². The summed E-state index contributed by atoms with van der Waals surface area (Å²) in [4.78, 5) is 30.4. The average Bonchev–Trinajstić information content (AvgIpc) is 3.34. The maximum atomic E-state index is 12.8. The third kappa shape index (κ3) is 3.83. The minimum absolute atomic E-state index is 0.247. The number of rotatable bonds is 7. The van der Waals surface area contributed by atoms with Gasteiger partial charge in [0.2, 0.25) is 11.6 Å². The van der Waals surface area contributed by atoms with Gasteiger partial charge < -0.3 is 14.2 Å². The van der Waals surface area contributed by atoms with Crippen LogP contribution in [0, 0.1) is 10.1 Å². The highest BCUT2D eigenvalue weighted by Crippen LogP contribution is 2.28. The van der Waals surface area contributed by atoms with E-state index in [4.69, 9.17) is 4.74 Å². The Morgan fingerprint density at radius 1 is 1.27 bits per heavy atom. The summed E-state index contributed by atoms with van der Waals surface area (Å²) < 4.78 is 6.81. The van der Waals surface area contributed by atoms with E-state index in [0.29, 0.717) is 12.5 Å². The molecule has 3 heterocycles. The number of hydrogen-bond donors (Lipinski definition) is 2. The van der Waals surface area contributed by atoms with Crippen molar-refractivity contribution in [1.82, 2.24) is 24.6 Å². The quantitative estimate of drug-likeness (QED) is 0.449. The molecule has 11 nitrogen and oxygen atoms in total. The number of aromatic amines is 1. The summed E-state index contributed by atoms with van der Waals surface area (Å²) in [6.45, 7) is 3.61. The standard InChI is InChI=1S/C19H23N7O4/c1-30-18-16(26(28)29)15(22-23-18)17(27)21-19-20-13-7-3-4-8-14(13)25(19)12-11-24-9-5-2-6-10-24/h3-4,7-8H,2,5-6,9-12H2,1H3,(H,22,23)(H,20,21,27). The third-order valence-electron chi connectivity index (χ3n) is 5.28. The van der Waals surface area contributed by atoms with E-state index in [2.05, 4.69) is 25.4 Å². The number of nitro groups is 1. The van der Waals surface area contributed by atoms with Crippen molar-refractivity contribution in [2.24, 2.45) is 0 Å². The fourth-order valence-electron chi connectivity index (χ4n) is 3.78. The van der Waals surface area contributed by atoms with Crippen molar-refractivity contribution >= 4 is 28.6 Å². The topological polar surface area (TPSA) is 131 Å². The van der Waals surface area contributed by atoms with Crippen LogP contribution in [0.3, 0.4) is 0 Å². The first-order chi connectivity index (χ1) is 14.6. The minimum Gasteiger partial charge on any atom is -0.475 e. The van der Waals surface area contributed by atoms with E-state index in [9.17, 15) is 14.9 Å². The second-order valence-corrected chi connectivity index (χ2v) is 7.15. The molecule has 30 heavy (non-hydrogen) atoms. The summed E-state index contributed by atoms with van der Waals surface area (Å²) in [5, 5.41) is 20.2. The molecule has 0 atom stereocenters. The Bertz CT molecular complexity index is 1070. The van der Waals surface area contributed by atoms with E-state index in [1.807, 2.05) is 28.8 Å². The number of imidazole rings is 1. The number of H-pyrrole nitrogens is 1. The number of ether oxygens (including phenoxy) is 1. The number of nitrogens with zero attached hydrogens (tertiary/aromatic N) is 5. The number of hydrogen-bond acceptors (Lipinski definition) is 7. The molecule has 0 spiro atoms. The molecule has 0 radical (unpaired) electrons. The molecule has 2 N–H and O–H groups in total. The van der Waals surface area contributed by atoms with Crippen molar-refractivity contribution in [3.05, 3.63) is 40.1 Å². The zero-order valence-corrected chi connectivity index (χ0v) is 16.6. The van der Waals surface area contributed by atoms with Gasteiger partial charge in [-0.2, -0.15) is 0 Å². The summed E-state index contributed by atoms with van der Waals surface area (Å²) in [7, 11) is 1.25. The normalized spacial score (nSPS) is 14.7. The van der Waals surface area contributed by atoms with Gasteiger partial charge in [0.15, 0.2) is 0 Å². The van der Waals surface area contributed by atoms with Crippen molar-refractivity contribution in [1.29, 1.82) is 0 Å². The summed E-state index contributed by atoms with van der Waals surface area (Å²) in [6.07, 6.45) is 3.65. The van der Waals surface area contributed by atoms with Crippen LogP contribution >= 0.6 is 0 Å². The molecule has 2 aromatic heterocycles. The number of fused-ring (bicyclic) bond motifs is 1. The van der Waals surface area contributed by atoms with Gasteiger partial charge in [-0.15, -0.1) is 5.10 Å². The molecule has 11 heteroatoms. The number of piperidine rings is 1. The molecular weight excluding hydrogens is 390 g/mol. The fraction of sp³-hybridized carbons (Fsp3) is 0.421. The van der Waals surface area contributed by atoms with Crippen molar-refractivity contribution < 1.29 is 14.5 Å². The number of methoxy groups -OCH3 is 1. The molecule has 1 fully saturated rings. The van der Waals surface area contributed by atoms with Gasteiger partial charge in [-0.1, -0.05) is 18.6 Å². The molecule has 1 saturated heterocycles. The van der Waals surface area contributed by atoms with Gasteiger partial charge in [-0.3, -0.25) is 25.3 Å². The van der Waals surface area contributed by atoms with Crippen molar-refractivity contribution in [3.8, 4) is 5.88 Å². The number of carbonyl (C=O) groups is 1. The molecule has 4 rings (SSSR count). The molecule has 0 saturated carbocycles. The number of carbonyl (C=O) groups excluding carboxylic acids is 1. The average molecular weight is 413 g/mol. The predicted octanol–water partition coefficient (Wildman–Crippen LogP) is 2.41. The zero-order valence-electron chi connectivity index (χ0n) is 16.6. The van der Waals surface area contributed by atoms with E-state index in [-0.39, 0.29) is 11.6 Å². The van der Waals surface area contributed by atoms with E-state index in [1.54, 1.807) is 0 Å². The lowest BCUT2D eigenvalue weighted by atomic mass is 10.1. The number of likely N-dealkylation sites (tertiary alicyclic amines) is 1. The molecule has 3 aromatic rings. The molecule has 1 aromatic carbocycles. The first-order valence-corrected chi connectivity index (χ1v) is 9.84. The Hall–Kier alpha value is -3.47. The van der Waals surface area contributed by atoms with Crippen molar-refractivity contribution in [2.45, 2.75) is 25.8 Å². The van der Waals surface area contributed by atoms with Crippen LogP contribution in [0.15, 0.2) is 24.3 Å². The molecule has 1 aliphatic heterocycles. The third-order valence-corrected chi connectivity index (χ3v) is 5.28. The number of anilines is 1. The van der Waals surface area contributed by atoms with Crippen LogP contribution in [0.25, 0.3) is 11.0 Å². The van der Waals surface area contributed by atoms with E-state index in [0.717, 1.165) is 30.7 Å². The summed E-state index contributed by atoms with van der Waals surface area (Å²) in [5.41, 5.74) is 0.835.